The van der Waals surface area contributed by atoms with E-state index < -0.39 is 0 Å². The molecule has 2 rings (SSSR count). The Labute approximate surface area is 110 Å². The lowest BCUT2D eigenvalue weighted by Gasteiger charge is -2.31. The molecule has 0 aliphatic carbocycles. The molecule has 0 saturated carbocycles. The molecule has 18 heavy (non-hydrogen) atoms. The second kappa shape index (κ2) is 7.39. The van der Waals surface area contributed by atoms with Gasteiger partial charge in [-0.05, 0) is 37.4 Å². The summed E-state index contributed by atoms with van der Waals surface area (Å²) in [5.74, 6) is 0. The Hall–Kier alpha value is -1.06. The van der Waals surface area contributed by atoms with E-state index in [1.54, 1.807) is 7.11 Å². The molecule has 0 fully saturated rings. The zero-order valence-corrected chi connectivity index (χ0v) is 11.3. The number of hydrogen-bond donors (Lipinski definition) is 1. The van der Waals surface area contributed by atoms with E-state index in [2.05, 4.69) is 34.5 Å². The standard InChI is InChI=1S/C15H24N2O/c1-18-13-10-16-9-5-12-17-11-4-7-14-6-2-3-8-15(14)17/h2-3,6,8,16H,4-5,7,9-13H2,1H3. The zero-order valence-electron chi connectivity index (χ0n) is 11.3. The lowest BCUT2D eigenvalue weighted by Crippen LogP contribution is -2.32. The SMILES string of the molecule is COCCNCCCN1CCCc2ccccc21. The first-order chi connectivity index (χ1) is 8.92. The smallest absolute Gasteiger partial charge is 0.0587 e. The summed E-state index contributed by atoms with van der Waals surface area (Å²) in [5, 5.41) is 3.40. The Balaban J connectivity index is 1.74. The number of rotatable bonds is 7. The monoisotopic (exact) mass is 248 g/mol. The van der Waals surface area contributed by atoms with Gasteiger partial charge in [-0.2, -0.15) is 0 Å². The van der Waals surface area contributed by atoms with Gasteiger partial charge < -0.3 is 15.0 Å². The number of hydrogen-bond acceptors (Lipinski definition) is 3. The minimum atomic E-state index is 0.798. The van der Waals surface area contributed by atoms with E-state index in [0.29, 0.717) is 0 Å². The molecule has 0 saturated heterocycles. The van der Waals surface area contributed by atoms with Crippen molar-refractivity contribution in [2.75, 3.05) is 44.8 Å². The first kappa shape index (κ1) is 13.4. The Morgan fingerprint density at radius 3 is 3.06 bits per heavy atom. The number of fused-ring (bicyclic) bond motifs is 1. The molecule has 3 heteroatoms. The Morgan fingerprint density at radius 2 is 2.17 bits per heavy atom. The Kier molecular flexibility index (Phi) is 5.49. The van der Waals surface area contributed by atoms with E-state index >= 15 is 0 Å². The van der Waals surface area contributed by atoms with Crippen LogP contribution in [0.15, 0.2) is 24.3 Å². The van der Waals surface area contributed by atoms with Crippen molar-refractivity contribution in [3.63, 3.8) is 0 Å². The van der Waals surface area contributed by atoms with Crippen LogP contribution < -0.4 is 10.2 Å². The van der Waals surface area contributed by atoms with Crippen molar-refractivity contribution in [3.05, 3.63) is 29.8 Å². The first-order valence-corrected chi connectivity index (χ1v) is 6.94. The summed E-state index contributed by atoms with van der Waals surface area (Å²) in [6.07, 6.45) is 3.71. The second-order valence-electron chi connectivity index (χ2n) is 4.82. The van der Waals surface area contributed by atoms with Gasteiger partial charge in [-0.1, -0.05) is 18.2 Å². The predicted molar refractivity (Wildman–Crippen MR) is 76.3 cm³/mol. The summed E-state index contributed by atoms with van der Waals surface area (Å²) < 4.78 is 5.01. The third kappa shape index (κ3) is 3.72. The molecule has 0 spiro atoms. The summed E-state index contributed by atoms with van der Waals surface area (Å²) in [6, 6.07) is 8.81. The third-order valence-corrected chi connectivity index (χ3v) is 3.47. The van der Waals surface area contributed by atoms with Crippen molar-refractivity contribution in [1.29, 1.82) is 0 Å². The van der Waals surface area contributed by atoms with E-state index in [-0.39, 0.29) is 0 Å². The van der Waals surface area contributed by atoms with Crippen LogP contribution in [0, 0.1) is 0 Å². The summed E-state index contributed by atoms with van der Waals surface area (Å²) in [5.41, 5.74) is 2.96. The van der Waals surface area contributed by atoms with Gasteiger partial charge >= 0.3 is 0 Å². The van der Waals surface area contributed by atoms with Gasteiger partial charge in [0.15, 0.2) is 0 Å². The number of para-hydroxylation sites is 1. The van der Waals surface area contributed by atoms with Crippen LogP contribution in [-0.4, -0.2) is 39.9 Å². The van der Waals surface area contributed by atoms with Crippen LogP contribution in [0.25, 0.3) is 0 Å². The van der Waals surface area contributed by atoms with Crippen LogP contribution in [0.5, 0.6) is 0 Å². The van der Waals surface area contributed by atoms with Crippen molar-refractivity contribution in [2.24, 2.45) is 0 Å². The van der Waals surface area contributed by atoms with Gasteiger partial charge in [0.05, 0.1) is 6.61 Å². The number of anilines is 1. The maximum atomic E-state index is 5.01. The maximum absolute atomic E-state index is 5.01. The highest BCUT2D eigenvalue weighted by Gasteiger charge is 2.14. The van der Waals surface area contributed by atoms with Gasteiger partial charge in [-0.15, -0.1) is 0 Å². The van der Waals surface area contributed by atoms with Crippen molar-refractivity contribution < 1.29 is 4.74 Å². The van der Waals surface area contributed by atoms with Gasteiger partial charge in [0.1, 0.15) is 0 Å². The molecule has 3 nitrogen and oxygen atoms in total. The van der Waals surface area contributed by atoms with E-state index in [4.69, 9.17) is 4.74 Å². The van der Waals surface area contributed by atoms with Crippen molar-refractivity contribution >= 4 is 5.69 Å². The van der Waals surface area contributed by atoms with Crippen LogP contribution in [0.1, 0.15) is 18.4 Å². The summed E-state index contributed by atoms with van der Waals surface area (Å²) in [7, 11) is 1.74. The molecule has 0 radical (unpaired) electrons. The number of nitrogens with one attached hydrogen (secondary N) is 1. The van der Waals surface area contributed by atoms with Crippen LogP contribution in [0.3, 0.4) is 0 Å². The van der Waals surface area contributed by atoms with Crippen LogP contribution in [0.4, 0.5) is 5.69 Å². The van der Waals surface area contributed by atoms with E-state index in [9.17, 15) is 0 Å². The van der Waals surface area contributed by atoms with Crippen LogP contribution in [-0.2, 0) is 11.2 Å². The molecule has 0 unspecified atom stereocenters. The highest BCUT2D eigenvalue weighted by atomic mass is 16.5. The number of ether oxygens (including phenoxy) is 1. The summed E-state index contributed by atoms with van der Waals surface area (Å²) in [6.45, 7) is 5.17. The highest BCUT2D eigenvalue weighted by molar-refractivity contribution is 5.55. The highest BCUT2D eigenvalue weighted by Crippen LogP contribution is 2.26. The molecular formula is C15H24N2O. The molecule has 100 valence electrons. The quantitative estimate of drug-likeness (QED) is 0.748. The third-order valence-electron chi connectivity index (χ3n) is 3.47. The molecule has 1 aromatic rings. The fraction of sp³-hybridized carbons (Fsp3) is 0.600. The minimum absolute atomic E-state index is 0.798. The fourth-order valence-electron chi connectivity index (χ4n) is 2.54. The molecular weight excluding hydrogens is 224 g/mol. The van der Waals surface area contributed by atoms with Gasteiger partial charge in [0, 0.05) is 32.4 Å². The fourth-order valence-corrected chi connectivity index (χ4v) is 2.54. The zero-order chi connectivity index (χ0) is 12.6. The van der Waals surface area contributed by atoms with Gasteiger partial charge in [-0.25, -0.2) is 0 Å². The van der Waals surface area contributed by atoms with Crippen LogP contribution >= 0.6 is 0 Å². The largest absolute Gasteiger partial charge is 0.383 e. The molecule has 1 heterocycles. The molecule has 1 aliphatic heterocycles. The first-order valence-electron chi connectivity index (χ1n) is 6.94. The normalized spacial score (nSPS) is 14.6. The number of aryl methyl sites for hydroxylation is 1. The predicted octanol–water partition coefficient (Wildman–Crippen LogP) is 2.07. The van der Waals surface area contributed by atoms with Gasteiger partial charge in [0.2, 0.25) is 0 Å². The average Bonchev–Trinajstić information content (AvgIpc) is 2.43. The lowest BCUT2D eigenvalue weighted by atomic mass is 10.0. The number of methoxy groups -OCH3 is 1. The summed E-state index contributed by atoms with van der Waals surface area (Å²) >= 11 is 0. The molecule has 0 amide bonds. The second-order valence-corrected chi connectivity index (χ2v) is 4.82. The van der Waals surface area contributed by atoms with E-state index in [1.807, 2.05) is 0 Å². The molecule has 0 aromatic heterocycles. The van der Waals surface area contributed by atoms with Crippen LogP contribution in [0.2, 0.25) is 0 Å². The molecule has 0 bridgehead atoms. The van der Waals surface area contributed by atoms with Gasteiger partial charge in [-0.3, -0.25) is 0 Å². The molecule has 1 aromatic carbocycles. The minimum Gasteiger partial charge on any atom is -0.383 e. The molecule has 1 aliphatic rings. The number of nitrogens with zero attached hydrogens (tertiary/aromatic N) is 1. The lowest BCUT2D eigenvalue weighted by molar-refractivity contribution is 0.199. The van der Waals surface area contributed by atoms with Gasteiger partial charge in [0.25, 0.3) is 0 Å². The number of benzene rings is 1. The Bertz CT molecular complexity index is 354. The van der Waals surface area contributed by atoms with Crippen molar-refractivity contribution in [1.82, 2.24) is 5.32 Å². The Morgan fingerprint density at radius 1 is 1.28 bits per heavy atom. The molecule has 0 atom stereocenters. The van der Waals surface area contributed by atoms with Crippen molar-refractivity contribution in [2.45, 2.75) is 19.3 Å². The maximum Gasteiger partial charge on any atom is 0.0587 e. The van der Waals surface area contributed by atoms with Crippen molar-refractivity contribution in [3.8, 4) is 0 Å². The summed E-state index contributed by atoms with van der Waals surface area (Å²) in [4.78, 5) is 2.52. The topological polar surface area (TPSA) is 24.5 Å². The average molecular weight is 248 g/mol. The van der Waals surface area contributed by atoms with E-state index in [0.717, 1.165) is 26.2 Å². The molecule has 1 N–H and O–H groups in total. The van der Waals surface area contributed by atoms with E-state index in [1.165, 1.54) is 37.1 Å².